The van der Waals surface area contributed by atoms with Gasteiger partial charge in [0.1, 0.15) is 0 Å². The van der Waals surface area contributed by atoms with Crippen molar-refractivity contribution in [3.63, 3.8) is 0 Å². The lowest BCUT2D eigenvalue weighted by molar-refractivity contribution is -0.124. The van der Waals surface area contributed by atoms with Crippen LogP contribution in [0.1, 0.15) is 26.7 Å². The summed E-state index contributed by atoms with van der Waals surface area (Å²) in [4.78, 5) is 11.6. The Morgan fingerprint density at radius 1 is 1.71 bits per heavy atom. The maximum atomic E-state index is 11.6. The maximum absolute atomic E-state index is 11.6. The molecule has 3 nitrogen and oxygen atoms in total. The Kier molecular flexibility index (Phi) is 3.97. The molecule has 0 aromatic rings. The monoisotopic (exact) mass is 194 g/mol. The molecular weight excluding hydrogens is 176 g/mol. The van der Waals surface area contributed by atoms with Crippen LogP contribution in [-0.4, -0.2) is 24.5 Å². The number of hydrogen-bond donors (Lipinski definition) is 2. The molecule has 0 bridgehead atoms. The molecule has 1 aliphatic heterocycles. The van der Waals surface area contributed by atoms with Crippen LogP contribution < -0.4 is 10.6 Å². The first kappa shape index (κ1) is 11.1. The van der Waals surface area contributed by atoms with E-state index in [9.17, 15) is 4.79 Å². The fourth-order valence-electron chi connectivity index (χ4n) is 1.66. The Morgan fingerprint density at radius 2 is 2.43 bits per heavy atom. The highest BCUT2D eigenvalue weighted by Crippen LogP contribution is 2.14. The summed E-state index contributed by atoms with van der Waals surface area (Å²) in [6.45, 7) is 4.90. The van der Waals surface area contributed by atoms with E-state index in [1.54, 1.807) is 0 Å². The van der Waals surface area contributed by atoms with Crippen molar-refractivity contribution in [3.8, 4) is 12.3 Å². The Balaban J connectivity index is 2.40. The summed E-state index contributed by atoms with van der Waals surface area (Å²) >= 11 is 0. The number of terminal acetylenes is 1. The number of amides is 1. The van der Waals surface area contributed by atoms with Crippen LogP contribution in [0.5, 0.6) is 0 Å². The van der Waals surface area contributed by atoms with E-state index in [1.807, 2.05) is 6.92 Å². The number of carbonyl (C=O) groups is 1. The van der Waals surface area contributed by atoms with Crippen LogP contribution in [0.4, 0.5) is 0 Å². The lowest BCUT2D eigenvalue weighted by Crippen LogP contribution is -2.50. The number of piperidine rings is 1. The predicted octanol–water partition coefficient (Wildman–Crippen LogP) is 0.512. The van der Waals surface area contributed by atoms with E-state index in [2.05, 4.69) is 23.5 Å². The lowest BCUT2D eigenvalue weighted by atomic mass is 9.94. The molecule has 1 fully saturated rings. The molecule has 1 aliphatic rings. The topological polar surface area (TPSA) is 41.1 Å². The van der Waals surface area contributed by atoms with E-state index >= 15 is 0 Å². The zero-order chi connectivity index (χ0) is 10.6. The summed E-state index contributed by atoms with van der Waals surface area (Å²) < 4.78 is 0. The zero-order valence-electron chi connectivity index (χ0n) is 8.84. The highest BCUT2D eigenvalue weighted by atomic mass is 16.2. The molecule has 3 heteroatoms. The molecular formula is C11H18N2O. The first-order chi connectivity index (χ1) is 6.63. The van der Waals surface area contributed by atoms with Gasteiger partial charge in [-0.25, -0.2) is 0 Å². The van der Waals surface area contributed by atoms with Crippen molar-refractivity contribution in [1.82, 2.24) is 10.6 Å². The molecule has 0 saturated carbocycles. The van der Waals surface area contributed by atoms with E-state index in [0.717, 1.165) is 19.4 Å². The van der Waals surface area contributed by atoms with Gasteiger partial charge in [0.05, 0.1) is 12.1 Å². The molecule has 2 N–H and O–H groups in total. The number of rotatable bonds is 2. The number of hydrogen-bond acceptors (Lipinski definition) is 2. The Labute approximate surface area is 85.6 Å². The molecule has 0 aliphatic carbocycles. The largest absolute Gasteiger partial charge is 0.341 e. The predicted molar refractivity (Wildman–Crippen MR) is 56.6 cm³/mol. The van der Waals surface area contributed by atoms with Crippen molar-refractivity contribution in [3.05, 3.63) is 0 Å². The summed E-state index contributed by atoms with van der Waals surface area (Å²) in [6, 6.07) is -0.240. The van der Waals surface area contributed by atoms with Gasteiger partial charge in [-0.05, 0) is 32.2 Å². The molecule has 0 radical (unpaired) electrons. The van der Waals surface area contributed by atoms with Gasteiger partial charge in [0.2, 0.25) is 5.91 Å². The second kappa shape index (κ2) is 5.02. The fraction of sp³-hybridized carbons (Fsp3) is 0.727. The van der Waals surface area contributed by atoms with Crippen molar-refractivity contribution in [2.24, 2.45) is 5.92 Å². The molecule has 3 unspecified atom stereocenters. The van der Waals surface area contributed by atoms with E-state index in [0.29, 0.717) is 5.92 Å². The van der Waals surface area contributed by atoms with Crippen LogP contribution in [0, 0.1) is 18.3 Å². The molecule has 1 heterocycles. The standard InChI is InChI=1S/C11H18N2O/c1-4-9(3)13-11(14)10-7-8(2)5-6-12-10/h1,8-10,12H,5-7H2,2-3H3,(H,13,14). The van der Waals surface area contributed by atoms with Crippen LogP contribution in [0.15, 0.2) is 0 Å². The third kappa shape index (κ3) is 3.04. The summed E-state index contributed by atoms with van der Waals surface area (Å²) in [7, 11) is 0. The van der Waals surface area contributed by atoms with Gasteiger partial charge in [0, 0.05) is 0 Å². The Morgan fingerprint density at radius 3 is 3.00 bits per heavy atom. The van der Waals surface area contributed by atoms with Gasteiger partial charge in [-0.2, -0.15) is 0 Å². The van der Waals surface area contributed by atoms with Crippen molar-refractivity contribution in [2.75, 3.05) is 6.54 Å². The van der Waals surface area contributed by atoms with Gasteiger partial charge < -0.3 is 10.6 Å². The fourth-order valence-corrected chi connectivity index (χ4v) is 1.66. The van der Waals surface area contributed by atoms with Crippen molar-refractivity contribution in [2.45, 2.75) is 38.8 Å². The van der Waals surface area contributed by atoms with Gasteiger partial charge in [0.25, 0.3) is 0 Å². The van der Waals surface area contributed by atoms with Gasteiger partial charge in [-0.1, -0.05) is 12.8 Å². The highest BCUT2D eigenvalue weighted by molar-refractivity contribution is 5.82. The summed E-state index contributed by atoms with van der Waals surface area (Å²) in [5.74, 6) is 3.13. The lowest BCUT2D eigenvalue weighted by Gasteiger charge is -2.27. The molecule has 0 aromatic heterocycles. The minimum Gasteiger partial charge on any atom is -0.341 e. The van der Waals surface area contributed by atoms with E-state index in [1.165, 1.54) is 0 Å². The van der Waals surface area contributed by atoms with E-state index in [-0.39, 0.29) is 18.0 Å². The first-order valence-corrected chi connectivity index (χ1v) is 5.13. The second-order valence-corrected chi connectivity index (χ2v) is 4.03. The van der Waals surface area contributed by atoms with Gasteiger partial charge in [-0.15, -0.1) is 6.42 Å². The third-order valence-electron chi connectivity index (χ3n) is 2.59. The summed E-state index contributed by atoms with van der Waals surface area (Å²) in [5, 5.41) is 5.98. The molecule has 1 amide bonds. The Bertz CT molecular complexity index is 244. The van der Waals surface area contributed by atoms with Crippen LogP contribution in [0.25, 0.3) is 0 Å². The van der Waals surface area contributed by atoms with Crippen molar-refractivity contribution < 1.29 is 4.79 Å². The minimum absolute atomic E-state index is 0.0296. The van der Waals surface area contributed by atoms with E-state index in [4.69, 9.17) is 6.42 Å². The average Bonchev–Trinajstić information content (AvgIpc) is 2.17. The van der Waals surface area contributed by atoms with Crippen LogP contribution in [0.3, 0.4) is 0 Å². The molecule has 0 spiro atoms. The molecule has 78 valence electrons. The first-order valence-electron chi connectivity index (χ1n) is 5.13. The third-order valence-corrected chi connectivity index (χ3v) is 2.59. The van der Waals surface area contributed by atoms with E-state index < -0.39 is 0 Å². The molecule has 1 saturated heterocycles. The second-order valence-electron chi connectivity index (χ2n) is 4.03. The zero-order valence-corrected chi connectivity index (χ0v) is 8.84. The van der Waals surface area contributed by atoms with Crippen LogP contribution >= 0.6 is 0 Å². The van der Waals surface area contributed by atoms with Gasteiger partial charge >= 0.3 is 0 Å². The molecule has 14 heavy (non-hydrogen) atoms. The number of carbonyl (C=O) groups excluding carboxylic acids is 1. The van der Waals surface area contributed by atoms with Crippen LogP contribution in [0.2, 0.25) is 0 Å². The summed E-state index contributed by atoms with van der Waals surface area (Å²) in [5.41, 5.74) is 0. The SMILES string of the molecule is C#CC(C)NC(=O)C1CC(C)CCN1. The number of nitrogens with one attached hydrogen (secondary N) is 2. The summed E-state index contributed by atoms with van der Waals surface area (Å²) in [6.07, 6.45) is 7.25. The van der Waals surface area contributed by atoms with Crippen molar-refractivity contribution >= 4 is 5.91 Å². The van der Waals surface area contributed by atoms with Gasteiger partial charge in [0.15, 0.2) is 0 Å². The van der Waals surface area contributed by atoms with Crippen molar-refractivity contribution in [1.29, 1.82) is 0 Å². The highest BCUT2D eigenvalue weighted by Gasteiger charge is 2.24. The molecule has 3 atom stereocenters. The average molecular weight is 194 g/mol. The maximum Gasteiger partial charge on any atom is 0.238 e. The minimum atomic E-state index is -0.179. The normalized spacial score (nSPS) is 28.9. The van der Waals surface area contributed by atoms with Gasteiger partial charge in [-0.3, -0.25) is 4.79 Å². The molecule has 0 aromatic carbocycles. The Hall–Kier alpha value is -1.01. The quantitative estimate of drug-likeness (QED) is 0.629. The van der Waals surface area contributed by atoms with Crippen LogP contribution in [-0.2, 0) is 4.79 Å². The smallest absolute Gasteiger partial charge is 0.238 e. The molecule has 1 rings (SSSR count).